The maximum Gasteiger partial charge on any atom is 0.312 e. The van der Waals surface area contributed by atoms with Crippen molar-refractivity contribution in [1.82, 2.24) is 0 Å². The minimum atomic E-state index is -0.335. The second-order valence-corrected chi connectivity index (χ2v) is 5.23. The van der Waals surface area contributed by atoms with Crippen LogP contribution in [0.3, 0.4) is 0 Å². The first kappa shape index (κ1) is 14.7. The number of carbonyl (C=O) groups is 1. The molecule has 0 radical (unpaired) electrons. The fourth-order valence-electron chi connectivity index (χ4n) is 2.10. The van der Waals surface area contributed by atoms with Gasteiger partial charge in [-0.05, 0) is 32.3 Å². The fourth-order valence-corrected chi connectivity index (χ4v) is 2.10. The molecule has 18 heavy (non-hydrogen) atoms. The molecule has 0 spiro atoms. The highest BCUT2D eigenvalue weighted by atomic mass is 16.5. The van der Waals surface area contributed by atoms with Gasteiger partial charge in [-0.1, -0.05) is 50.1 Å². The lowest BCUT2D eigenvalue weighted by Crippen LogP contribution is -2.29. The molecule has 0 bridgehead atoms. The Morgan fingerprint density at radius 2 is 2.06 bits per heavy atom. The number of hydrogen-bond donors (Lipinski definition) is 0. The summed E-state index contributed by atoms with van der Waals surface area (Å²) < 4.78 is 5.45. The lowest BCUT2D eigenvalue weighted by molar-refractivity contribution is -0.157. The summed E-state index contributed by atoms with van der Waals surface area (Å²) in [4.78, 5) is 12.1. The number of rotatable bonds is 6. The largest absolute Gasteiger partial charge is 0.460 e. The minimum Gasteiger partial charge on any atom is -0.460 e. The van der Waals surface area contributed by atoms with Crippen LogP contribution < -0.4 is 0 Å². The molecule has 0 saturated carbocycles. The molecule has 0 aliphatic carbocycles. The van der Waals surface area contributed by atoms with Crippen LogP contribution in [-0.4, -0.2) is 5.97 Å². The van der Waals surface area contributed by atoms with E-state index in [1.807, 2.05) is 39.0 Å². The van der Waals surface area contributed by atoms with Crippen molar-refractivity contribution < 1.29 is 9.53 Å². The summed E-state index contributed by atoms with van der Waals surface area (Å²) in [6, 6.07) is 8.07. The van der Waals surface area contributed by atoms with Crippen LogP contribution in [0.4, 0.5) is 0 Å². The van der Waals surface area contributed by atoms with Crippen molar-refractivity contribution in [3.05, 3.63) is 35.4 Å². The van der Waals surface area contributed by atoms with Crippen molar-refractivity contribution in [3.63, 3.8) is 0 Å². The molecule has 0 aliphatic heterocycles. The van der Waals surface area contributed by atoms with Crippen LogP contribution in [0.25, 0.3) is 0 Å². The van der Waals surface area contributed by atoms with Crippen LogP contribution in [0.5, 0.6) is 0 Å². The lowest BCUT2D eigenvalue weighted by Gasteiger charge is -2.25. The van der Waals surface area contributed by atoms with E-state index in [9.17, 15) is 4.79 Å². The zero-order valence-electron chi connectivity index (χ0n) is 12.0. The lowest BCUT2D eigenvalue weighted by atomic mass is 9.83. The van der Waals surface area contributed by atoms with Gasteiger partial charge in [-0.15, -0.1) is 0 Å². The predicted octanol–water partition coefficient (Wildman–Crippen LogP) is 4.25. The van der Waals surface area contributed by atoms with Crippen molar-refractivity contribution in [2.45, 2.75) is 53.6 Å². The molecule has 100 valence electrons. The Morgan fingerprint density at radius 1 is 1.33 bits per heavy atom. The zero-order chi connectivity index (χ0) is 13.6. The molecule has 1 aromatic carbocycles. The third-order valence-electron chi connectivity index (χ3n) is 3.53. The zero-order valence-corrected chi connectivity index (χ0v) is 12.0. The van der Waals surface area contributed by atoms with E-state index in [1.54, 1.807) is 0 Å². The Kier molecular flexibility index (Phi) is 5.39. The first-order valence-corrected chi connectivity index (χ1v) is 6.74. The minimum absolute atomic E-state index is 0.0756. The summed E-state index contributed by atoms with van der Waals surface area (Å²) in [5.41, 5.74) is 1.91. The Balaban J connectivity index is 2.60. The highest BCUT2D eigenvalue weighted by Crippen LogP contribution is 2.29. The molecule has 0 aromatic heterocycles. The second-order valence-electron chi connectivity index (χ2n) is 5.23. The topological polar surface area (TPSA) is 26.3 Å². The Labute approximate surface area is 110 Å². The predicted molar refractivity (Wildman–Crippen MR) is 74.3 cm³/mol. The Hall–Kier alpha value is -1.31. The van der Waals surface area contributed by atoms with E-state index in [2.05, 4.69) is 13.0 Å². The maximum absolute atomic E-state index is 12.1. The first-order valence-electron chi connectivity index (χ1n) is 6.74. The SMILES string of the molecule is CCCC(C)(CC)C(=O)OCc1cccc(C)c1. The first-order chi connectivity index (χ1) is 8.51. The maximum atomic E-state index is 12.1. The Morgan fingerprint density at radius 3 is 2.61 bits per heavy atom. The van der Waals surface area contributed by atoms with Gasteiger partial charge in [0.05, 0.1) is 5.41 Å². The van der Waals surface area contributed by atoms with Gasteiger partial charge in [0.25, 0.3) is 0 Å². The van der Waals surface area contributed by atoms with E-state index in [0.29, 0.717) is 6.61 Å². The van der Waals surface area contributed by atoms with Crippen molar-refractivity contribution in [2.24, 2.45) is 5.41 Å². The smallest absolute Gasteiger partial charge is 0.312 e. The van der Waals surface area contributed by atoms with Crippen LogP contribution in [-0.2, 0) is 16.1 Å². The average molecular weight is 248 g/mol. The molecule has 0 amide bonds. The van der Waals surface area contributed by atoms with E-state index in [1.165, 1.54) is 5.56 Å². The molecule has 0 N–H and O–H groups in total. The quantitative estimate of drug-likeness (QED) is 0.703. The summed E-state index contributed by atoms with van der Waals surface area (Å²) in [5.74, 6) is -0.0756. The standard InChI is InChI=1S/C16H24O2/c1-5-10-16(4,6-2)15(17)18-12-14-9-7-8-13(3)11-14/h7-9,11H,5-6,10,12H2,1-4H3. The van der Waals surface area contributed by atoms with E-state index < -0.39 is 0 Å². The van der Waals surface area contributed by atoms with Gasteiger partial charge in [-0.3, -0.25) is 4.79 Å². The molecular formula is C16H24O2. The van der Waals surface area contributed by atoms with Gasteiger partial charge < -0.3 is 4.74 Å². The van der Waals surface area contributed by atoms with E-state index in [4.69, 9.17) is 4.74 Å². The highest BCUT2D eigenvalue weighted by molar-refractivity contribution is 5.76. The molecule has 2 heteroatoms. The second kappa shape index (κ2) is 6.58. The van der Waals surface area contributed by atoms with Crippen LogP contribution in [0.15, 0.2) is 24.3 Å². The molecule has 1 aromatic rings. The van der Waals surface area contributed by atoms with Crippen LogP contribution in [0, 0.1) is 12.3 Å². The number of ether oxygens (including phenoxy) is 1. The summed E-state index contributed by atoms with van der Waals surface area (Å²) in [6.07, 6.45) is 2.72. The fraction of sp³-hybridized carbons (Fsp3) is 0.562. The van der Waals surface area contributed by atoms with Gasteiger partial charge in [0.15, 0.2) is 0 Å². The molecule has 1 unspecified atom stereocenters. The van der Waals surface area contributed by atoms with E-state index in [-0.39, 0.29) is 11.4 Å². The summed E-state index contributed by atoms with van der Waals surface area (Å²) in [6.45, 7) is 8.55. The summed E-state index contributed by atoms with van der Waals surface area (Å²) in [7, 11) is 0. The van der Waals surface area contributed by atoms with Crippen molar-refractivity contribution in [3.8, 4) is 0 Å². The highest BCUT2D eigenvalue weighted by Gasteiger charge is 2.31. The third kappa shape index (κ3) is 3.86. The number of hydrogen-bond acceptors (Lipinski definition) is 2. The van der Waals surface area contributed by atoms with Crippen molar-refractivity contribution in [1.29, 1.82) is 0 Å². The molecule has 1 atom stereocenters. The van der Waals surface area contributed by atoms with Gasteiger partial charge in [-0.2, -0.15) is 0 Å². The Bertz CT molecular complexity index is 398. The molecule has 0 saturated heterocycles. The van der Waals surface area contributed by atoms with Gasteiger partial charge in [-0.25, -0.2) is 0 Å². The summed E-state index contributed by atoms with van der Waals surface area (Å²) >= 11 is 0. The molecule has 0 heterocycles. The van der Waals surface area contributed by atoms with Crippen LogP contribution in [0.2, 0.25) is 0 Å². The van der Waals surface area contributed by atoms with Crippen LogP contribution >= 0.6 is 0 Å². The molecular weight excluding hydrogens is 224 g/mol. The number of aryl methyl sites for hydroxylation is 1. The van der Waals surface area contributed by atoms with Gasteiger partial charge in [0.1, 0.15) is 6.61 Å². The van der Waals surface area contributed by atoms with E-state index >= 15 is 0 Å². The van der Waals surface area contributed by atoms with Crippen molar-refractivity contribution >= 4 is 5.97 Å². The van der Waals surface area contributed by atoms with Crippen molar-refractivity contribution in [2.75, 3.05) is 0 Å². The number of carbonyl (C=O) groups excluding carboxylic acids is 1. The molecule has 1 rings (SSSR count). The monoisotopic (exact) mass is 248 g/mol. The number of esters is 1. The summed E-state index contributed by atoms with van der Waals surface area (Å²) in [5, 5.41) is 0. The number of benzene rings is 1. The van der Waals surface area contributed by atoms with Gasteiger partial charge in [0, 0.05) is 0 Å². The normalized spacial score (nSPS) is 14.0. The average Bonchev–Trinajstić information content (AvgIpc) is 2.36. The molecule has 0 aliphatic rings. The molecule has 2 nitrogen and oxygen atoms in total. The van der Waals surface area contributed by atoms with Gasteiger partial charge in [0.2, 0.25) is 0 Å². The third-order valence-corrected chi connectivity index (χ3v) is 3.53. The molecule has 0 fully saturated rings. The van der Waals surface area contributed by atoms with Gasteiger partial charge >= 0.3 is 5.97 Å². The van der Waals surface area contributed by atoms with E-state index in [0.717, 1.165) is 24.8 Å². The van der Waals surface area contributed by atoms with Crippen LogP contribution in [0.1, 0.15) is 51.2 Å².